The van der Waals surface area contributed by atoms with Crippen molar-refractivity contribution in [2.75, 3.05) is 0 Å². The number of hydrogen-bond acceptors (Lipinski definition) is 4. The molecule has 0 aliphatic rings. The largest absolute Gasteiger partial charge is 0.289 e. The number of aromatic nitrogens is 3. The van der Waals surface area contributed by atoms with E-state index in [4.69, 9.17) is 0 Å². The minimum Gasteiger partial charge on any atom is -0.263 e. The summed E-state index contributed by atoms with van der Waals surface area (Å²) in [6.07, 6.45) is 2.84. The Morgan fingerprint density at radius 3 is 3.00 bits per heavy atom. The molecule has 14 heavy (non-hydrogen) atoms. The standard InChI is InChI=1S/C8H8N4O2/c1-2-11-8-3-6(12(13)14)4-9-7(8)5-10-11/h3-5H,2H2,1H3. The summed E-state index contributed by atoms with van der Waals surface area (Å²) in [6, 6.07) is 1.48. The van der Waals surface area contributed by atoms with Crippen molar-refractivity contribution in [2.24, 2.45) is 0 Å². The highest BCUT2D eigenvalue weighted by Gasteiger charge is 2.10. The topological polar surface area (TPSA) is 73.8 Å². The Kier molecular flexibility index (Phi) is 1.88. The van der Waals surface area contributed by atoms with E-state index in [9.17, 15) is 10.1 Å². The van der Waals surface area contributed by atoms with Gasteiger partial charge < -0.3 is 0 Å². The fourth-order valence-electron chi connectivity index (χ4n) is 1.30. The van der Waals surface area contributed by atoms with Crippen LogP contribution in [0.2, 0.25) is 0 Å². The second-order valence-electron chi connectivity index (χ2n) is 2.82. The average Bonchev–Trinajstić information content (AvgIpc) is 2.59. The van der Waals surface area contributed by atoms with E-state index in [1.807, 2.05) is 6.92 Å². The van der Waals surface area contributed by atoms with Crippen LogP contribution in [0.25, 0.3) is 11.0 Å². The molecule has 2 aromatic rings. The Balaban J connectivity index is 2.67. The first-order valence-electron chi connectivity index (χ1n) is 4.18. The van der Waals surface area contributed by atoms with Gasteiger partial charge in [-0.05, 0) is 6.92 Å². The van der Waals surface area contributed by atoms with Crippen LogP contribution in [0.1, 0.15) is 6.92 Å². The molecule has 2 rings (SSSR count). The average molecular weight is 192 g/mol. The van der Waals surface area contributed by atoms with Crippen molar-refractivity contribution in [1.29, 1.82) is 0 Å². The van der Waals surface area contributed by atoms with Crippen LogP contribution in [-0.2, 0) is 6.54 Å². The minimum absolute atomic E-state index is 0.00676. The van der Waals surface area contributed by atoms with Gasteiger partial charge in [0.2, 0.25) is 0 Å². The molecular weight excluding hydrogens is 184 g/mol. The highest BCUT2D eigenvalue weighted by molar-refractivity contribution is 5.76. The monoisotopic (exact) mass is 192 g/mol. The van der Waals surface area contributed by atoms with Gasteiger partial charge in [0.1, 0.15) is 11.7 Å². The van der Waals surface area contributed by atoms with Crippen LogP contribution in [0.3, 0.4) is 0 Å². The van der Waals surface area contributed by atoms with Gasteiger partial charge in [-0.15, -0.1) is 0 Å². The van der Waals surface area contributed by atoms with E-state index in [0.29, 0.717) is 17.6 Å². The summed E-state index contributed by atoms with van der Waals surface area (Å²) in [4.78, 5) is 14.0. The van der Waals surface area contributed by atoms with E-state index in [1.54, 1.807) is 10.9 Å². The number of nitrogens with zero attached hydrogens (tertiary/aromatic N) is 4. The molecule has 0 saturated carbocycles. The molecule has 0 atom stereocenters. The predicted molar refractivity (Wildman–Crippen MR) is 49.9 cm³/mol. The maximum atomic E-state index is 10.5. The molecule has 0 N–H and O–H groups in total. The number of hydrogen-bond donors (Lipinski definition) is 0. The summed E-state index contributed by atoms with van der Waals surface area (Å²) in [7, 11) is 0. The van der Waals surface area contributed by atoms with Gasteiger partial charge in [-0.2, -0.15) is 5.10 Å². The first-order valence-corrected chi connectivity index (χ1v) is 4.18. The summed E-state index contributed by atoms with van der Waals surface area (Å²) in [5, 5.41) is 14.5. The van der Waals surface area contributed by atoms with Crippen molar-refractivity contribution in [3.8, 4) is 0 Å². The van der Waals surface area contributed by atoms with Gasteiger partial charge in [-0.3, -0.25) is 14.8 Å². The summed E-state index contributed by atoms with van der Waals surface area (Å²) >= 11 is 0. The van der Waals surface area contributed by atoms with E-state index in [-0.39, 0.29) is 5.69 Å². The van der Waals surface area contributed by atoms with Crippen molar-refractivity contribution in [1.82, 2.24) is 14.8 Å². The lowest BCUT2D eigenvalue weighted by atomic mass is 10.3. The summed E-state index contributed by atoms with van der Waals surface area (Å²) in [5.41, 5.74) is 1.37. The van der Waals surface area contributed by atoms with Gasteiger partial charge in [0.15, 0.2) is 0 Å². The number of pyridine rings is 1. The van der Waals surface area contributed by atoms with Gasteiger partial charge in [0.05, 0.1) is 16.6 Å². The number of nitro groups is 1. The fourth-order valence-corrected chi connectivity index (χ4v) is 1.30. The first kappa shape index (κ1) is 8.61. The van der Waals surface area contributed by atoms with Gasteiger partial charge in [0, 0.05) is 12.6 Å². The third-order valence-corrected chi connectivity index (χ3v) is 1.99. The van der Waals surface area contributed by atoms with Gasteiger partial charge in [-0.1, -0.05) is 0 Å². The SMILES string of the molecule is CCn1ncc2ncc([N+](=O)[O-])cc21. The number of rotatable bonds is 2. The lowest BCUT2D eigenvalue weighted by Gasteiger charge is -1.96. The number of aryl methyl sites for hydroxylation is 1. The predicted octanol–water partition coefficient (Wildman–Crippen LogP) is 1.36. The molecule has 0 unspecified atom stereocenters. The molecule has 2 heterocycles. The molecule has 0 fully saturated rings. The quantitative estimate of drug-likeness (QED) is 0.531. The molecule has 0 aliphatic heterocycles. The third kappa shape index (κ3) is 1.20. The highest BCUT2D eigenvalue weighted by Crippen LogP contribution is 2.17. The Morgan fingerprint density at radius 2 is 2.36 bits per heavy atom. The van der Waals surface area contributed by atoms with Gasteiger partial charge in [-0.25, -0.2) is 4.98 Å². The summed E-state index contributed by atoms with van der Waals surface area (Å²) in [5.74, 6) is 0. The van der Waals surface area contributed by atoms with E-state index in [2.05, 4.69) is 10.1 Å². The Labute approximate surface area is 79.3 Å². The third-order valence-electron chi connectivity index (χ3n) is 1.99. The van der Waals surface area contributed by atoms with Gasteiger partial charge >= 0.3 is 0 Å². The van der Waals surface area contributed by atoms with Crippen LogP contribution in [0.4, 0.5) is 5.69 Å². The normalized spacial score (nSPS) is 10.6. The fraction of sp³-hybridized carbons (Fsp3) is 0.250. The molecule has 72 valence electrons. The zero-order valence-corrected chi connectivity index (χ0v) is 7.54. The molecule has 0 aliphatic carbocycles. The zero-order chi connectivity index (χ0) is 10.1. The molecule has 0 radical (unpaired) electrons. The van der Waals surface area contributed by atoms with Crippen LogP contribution in [0.5, 0.6) is 0 Å². The van der Waals surface area contributed by atoms with Crippen LogP contribution in [-0.4, -0.2) is 19.7 Å². The van der Waals surface area contributed by atoms with Crippen molar-refractivity contribution >= 4 is 16.7 Å². The van der Waals surface area contributed by atoms with Crippen LogP contribution < -0.4 is 0 Å². The van der Waals surface area contributed by atoms with Gasteiger partial charge in [0.25, 0.3) is 5.69 Å². The van der Waals surface area contributed by atoms with Crippen molar-refractivity contribution in [2.45, 2.75) is 13.5 Å². The van der Waals surface area contributed by atoms with E-state index < -0.39 is 4.92 Å². The first-order chi connectivity index (χ1) is 6.72. The Morgan fingerprint density at radius 1 is 1.57 bits per heavy atom. The molecule has 0 spiro atoms. The molecule has 0 amide bonds. The summed E-state index contributed by atoms with van der Waals surface area (Å²) < 4.78 is 1.68. The maximum absolute atomic E-state index is 10.5. The lowest BCUT2D eigenvalue weighted by Crippen LogP contribution is -1.96. The molecule has 2 aromatic heterocycles. The molecule has 0 aromatic carbocycles. The van der Waals surface area contributed by atoms with Crippen LogP contribution in [0, 0.1) is 10.1 Å². The lowest BCUT2D eigenvalue weighted by molar-refractivity contribution is -0.385. The second-order valence-corrected chi connectivity index (χ2v) is 2.82. The Hall–Kier alpha value is -1.98. The molecule has 0 saturated heterocycles. The number of fused-ring (bicyclic) bond motifs is 1. The van der Waals surface area contributed by atoms with Crippen molar-refractivity contribution < 1.29 is 4.92 Å². The van der Waals surface area contributed by atoms with E-state index >= 15 is 0 Å². The van der Waals surface area contributed by atoms with Crippen LogP contribution >= 0.6 is 0 Å². The molecule has 6 nitrogen and oxygen atoms in total. The molecule has 6 heteroatoms. The second kappa shape index (κ2) is 3.06. The van der Waals surface area contributed by atoms with Crippen molar-refractivity contribution in [3.63, 3.8) is 0 Å². The zero-order valence-electron chi connectivity index (χ0n) is 7.54. The summed E-state index contributed by atoms with van der Waals surface area (Å²) in [6.45, 7) is 2.59. The molecular formula is C8H8N4O2. The smallest absolute Gasteiger partial charge is 0.263 e. The highest BCUT2D eigenvalue weighted by atomic mass is 16.6. The van der Waals surface area contributed by atoms with Crippen molar-refractivity contribution in [3.05, 3.63) is 28.6 Å². The van der Waals surface area contributed by atoms with Crippen LogP contribution in [0.15, 0.2) is 18.5 Å². The van der Waals surface area contributed by atoms with E-state index in [1.165, 1.54) is 12.3 Å². The minimum atomic E-state index is -0.459. The van der Waals surface area contributed by atoms with E-state index in [0.717, 1.165) is 0 Å². The maximum Gasteiger partial charge on any atom is 0.289 e. The Bertz CT molecular complexity index is 491. The molecule has 0 bridgehead atoms.